The highest BCUT2D eigenvalue weighted by Crippen LogP contribution is 2.28. The van der Waals surface area contributed by atoms with Crippen LogP contribution in [0.2, 0.25) is 0 Å². The maximum atomic E-state index is 5.54. The molecule has 1 heterocycles. The van der Waals surface area contributed by atoms with E-state index in [1.807, 2.05) is 30.3 Å². The number of rotatable bonds is 7. The fourth-order valence-electron chi connectivity index (χ4n) is 5.50. The second kappa shape index (κ2) is 12.6. The number of para-hydroxylation sites is 2. The van der Waals surface area contributed by atoms with Gasteiger partial charge in [-0.05, 0) is 74.6 Å². The first-order chi connectivity index (χ1) is 20.3. The molecule has 0 unspecified atom stereocenters. The van der Waals surface area contributed by atoms with Gasteiger partial charge in [-0.25, -0.2) is 5.43 Å². The Balaban J connectivity index is 1.32. The average molecular weight is 546 g/mol. The minimum absolute atomic E-state index is 0.378. The van der Waals surface area contributed by atoms with Crippen LogP contribution < -0.4 is 20.9 Å². The molecule has 0 bridgehead atoms. The van der Waals surface area contributed by atoms with Crippen LogP contribution in [0.4, 0.5) is 23.3 Å². The van der Waals surface area contributed by atoms with E-state index in [0.29, 0.717) is 17.6 Å². The van der Waals surface area contributed by atoms with Gasteiger partial charge in [-0.1, -0.05) is 60.7 Å². The van der Waals surface area contributed by atoms with Crippen LogP contribution >= 0.6 is 0 Å². The summed E-state index contributed by atoms with van der Waals surface area (Å²) in [6, 6.07) is 26.6. The number of hydrogen-bond donors (Lipinski definition) is 3. The zero-order valence-electron chi connectivity index (χ0n) is 23.4. The number of nitrogens with zero attached hydrogens (tertiary/aromatic N) is 4. The molecule has 0 amide bonds. The van der Waals surface area contributed by atoms with Gasteiger partial charge in [-0.3, -0.25) is 5.43 Å². The van der Waals surface area contributed by atoms with E-state index < -0.39 is 0 Å². The molecule has 0 fully saturated rings. The van der Waals surface area contributed by atoms with E-state index >= 15 is 0 Å². The Hall–Kier alpha value is -4.72. The quantitative estimate of drug-likeness (QED) is 0.166. The normalized spacial score (nSPS) is 16.7. The Morgan fingerprint density at radius 1 is 0.634 bits per heavy atom. The summed E-state index contributed by atoms with van der Waals surface area (Å²) in [6.45, 7) is 0. The van der Waals surface area contributed by atoms with Gasteiger partial charge >= 0.3 is 0 Å². The zero-order valence-corrected chi connectivity index (χ0v) is 23.4. The van der Waals surface area contributed by atoms with E-state index in [2.05, 4.69) is 64.7 Å². The first kappa shape index (κ1) is 26.5. The van der Waals surface area contributed by atoms with Crippen LogP contribution in [0.15, 0.2) is 89.1 Å². The molecule has 0 saturated carbocycles. The van der Waals surface area contributed by atoms with E-state index in [1.54, 1.807) is 7.11 Å². The van der Waals surface area contributed by atoms with Gasteiger partial charge in [-0.2, -0.15) is 20.2 Å². The number of aromatic nitrogens is 2. The molecule has 0 radical (unpaired) electrons. The fourth-order valence-corrected chi connectivity index (χ4v) is 5.50. The second-order valence-electron chi connectivity index (χ2n) is 10.4. The first-order valence-corrected chi connectivity index (χ1v) is 14.4. The van der Waals surface area contributed by atoms with Crippen LogP contribution in [0.3, 0.4) is 0 Å². The summed E-state index contributed by atoms with van der Waals surface area (Å²) < 4.78 is 5.54. The Labute approximate surface area is 241 Å². The van der Waals surface area contributed by atoms with Gasteiger partial charge in [0.05, 0.1) is 24.2 Å². The third-order valence-corrected chi connectivity index (χ3v) is 7.57. The molecule has 3 N–H and O–H groups in total. The van der Waals surface area contributed by atoms with Crippen molar-refractivity contribution in [3.8, 4) is 5.75 Å². The number of aryl methyl sites for hydroxylation is 2. The van der Waals surface area contributed by atoms with Crippen LogP contribution in [0.5, 0.6) is 5.75 Å². The van der Waals surface area contributed by atoms with Gasteiger partial charge in [0.25, 0.3) is 0 Å². The highest BCUT2D eigenvalue weighted by molar-refractivity contribution is 6.03. The predicted molar refractivity (Wildman–Crippen MR) is 167 cm³/mol. The lowest BCUT2D eigenvalue weighted by Crippen LogP contribution is -2.09. The fraction of sp³-hybridized carbons (Fsp3) is 0.273. The Bertz CT molecular complexity index is 1490. The maximum Gasteiger partial charge on any atom is 0.247 e. The molecule has 6 rings (SSSR count). The van der Waals surface area contributed by atoms with Crippen LogP contribution in [0.1, 0.15) is 60.8 Å². The molecule has 4 aromatic rings. The molecule has 8 heteroatoms. The number of fused-ring (bicyclic) bond motifs is 2. The molecule has 8 nitrogen and oxygen atoms in total. The molecule has 0 aliphatic heterocycles. The Kier molecular flexibility index (Phi) is 8.17. The largest absolute Gasteiger partial charge is 0.495 e. The summed E-state index contributed by atoms with van der Waals surface area (Å²) in [7, 11) is 1.65. The molecule has 2 aliphatic carbocycles. The molecule has 0 saturated heterocycles. The summed E-state index contributed by atoms with van der Waals surface area (Å²) >= 11 is 0. The van der Waals surface area contributed by atoms with Gasteiger partial charge in [0.2, 0.25) is 5.95 Å². The highest BCUT2D eigenvalue weighted by atomic mass is 16.5. The van der Waals surface area contributed by atoms with Crippen molar-refractivity contribution in [2.45, 2.75) is 51.4 Å². The number of methoxy groups -OCH3 is 1. The Morgan fingerprint density at radius 2 is 1.20 bits per heavy atom. The zero-order chi connectivity index (χ0) is 27.9. The minimum atomic E-state index is 0.378. The predicted octanol–water partition coefficient (Wildman–Crippen LogP) is 7.31. The summed E-state index contributed by atoms with van der Waals surface area (Å²) in [5.41, 5.74) is 14.3. The van der Waals surface area contributed by atoms with Crippen molar-refractivity contribution in [3.63, 3.8) is 0 Å². The smallest absolute Gasteiger partial charge is 0.247 e. The lowest BCUT2D eigenvalue weighted by atomic mass is 10.0. The van der Waals surface area contributed by atoms with Gasteiger partial charge < -0.3 is 10.1 Å². The van der Waals surface area contributed by atoms with E-state index in [-0.39, 0.29) is 0 Å². The molecule has 208 valence electrons. The number of ether oxygens (including phenoxy) is 1. The highest BCUT2D eigenvalue weighted by Gasteiger charge is 2.16. The van der Waals surface area contributed by atoms with Crippen molar-refractivity contribution in [3.05, 3.63) is 101 Å². The number of anilines is 4. The molecule has 1 aromatic heterocycles. The lowest BCUT2D eigenvalue weighted by molar-refractivity contribution is 0.417. The molecular formula is C33H35N7O. The Morgan fingerprint density at radius 3 is 1.88 bits per heavy atom. The molecule has 0 atom stereocenters. The van der Waals surface area contributed by atoms with E-state index in [1.165, 1.54) is 22.3 Å². The SMILES string of the molecule is COc1ccccc1Nc1cc(NN=C2CCCCc3ccccc32)nc(NN=C2CCCCc3ccccc32)n1. The van der Waals surface area contributed by atoms with Gasteiger partial charge in [0, 0.05) is 17.2 Å². The van der Waals surface area contributed by atoms with Crippen molar-refractivity contribution in [1.82, 2.24) is 9.97 Å². The number of nitrogens with one attached hydrogen (secondary N) is 3. The number of benzene rings is 3. The van der Waals surface area contributed by atoms with Gasteiger partial charge in [0.15, 0.2) is 5.82 Å². The van der Waals surface area contributed by atoms with E-state index in [9.17, 15) is 0 Å². The monoisotopic (exact) mass is 545 g/mol. The standard InChI is InChI=1S/C33H35N7O/c1-41-30-21-11-10-20-29(30)34-31-22-32(39-37-27-18-8-4-14-23-12-2-6-16-25(23)27)36-33(35-31)40-38-28-19-9-5-15-24-13-3-7-17-26(24)28/h2-3,6-7,10-13,16-17,20-22H,4-5,8-9,14-15,18-19H2,1H3,(H3,34,35,36,39,40). The van der Waals surface area contributed by atoms with Crippen molar-refractivity contribution < 1.29 is 4.74 Å². The molecular weight excluding hydrogens is 510 g/mol. The maximum absolute atomic E-state index is 5.54. The van der Waals surface area contributed by atoms with Crippen LogP contribution in [0.25, 0.3) is 0 Å². The topological polar surface area (TPSA) is 95.8 Å². The van der Waals surface area contributed by atoms with Gasteiger partial charge in [0.1, 0.15) is 11.6 Å². The third-order valence-electron chi connectivity index (χ3n) is 7.57. The molecule has 41 heavy (non-hydrogen) atoms. The average Bonchev–Trinajstić information content (AvgIpc) is 3.35. The van der Waals surface area contributed by atoms with E-state index in [0.717, 1.165) is 74.2 Å². The van der Waals surface area contributed by atoms with Crippen molar-refractivity contribution >= 4 is 34.7 Å². The van der Waals surface area contributed by atoms with Crippen LogP contribution in [-0.2, 0) is 12.8 Å². The molecule has 2 aliphatic rings. The van der Waals surface area contributed by atoms with Gasteiger partial charge in [-0.15, -0.1) is 0 Å². The summed E-state index contributed by atoms with van der Waals surface area (Å²) in [5, 5.41) is 13.0. The lowest BCUT2D eigenvalue weighted by Gasteiger charge is -2.13. The first-order valence-electron chi connectivity index (χ1n) is 14.4. The van der Waals surface area contributed by atoms with Crippen molar-refractivity contribution in [2.24, 2.45) is 10.2 Å². The summed E-state index contributed by atoms with van der Waals surface area (Å²) in [5.74, 6) is 2.26. The summed E-state index contributed by atoms with van der Waals surface area (Å²) in [4.78, 5) is 9.46. The minimum Gasteiger partial charge on any atom is -0.495 e. The molecule has 3 aromatic carbocycles. The number of hydrazone groups is 2. The molecule has 0 spiro atoms. The van der Waals surface area contributed by atoms with Crippen LogP contribution in [0, 0.1) is 0 Å². The van der Waals surface area contributed by atoms with Crippen molar-refractivity contribution in [2.75, 3.05) is 23.3 Å². The van der Waals surface area contributed by atoms with Crippen molar-refractivity contribution in [1.29, 1.82) is 0 Å². The van der Waals surface area contributed by atoms with E-state index in [4.69, 9.17) is 24.9 Å². The third kappa shape index (κ3) is 6.38. The summed E-state index contributed by atoms with van der Waals surface area (Å²) in [6.07, 6.45) is 8.48. The number of hydrogen-bond acceptors (Lipinski definition) is 8. The van der Waals surface area contributed by atoms with Crippen LogP contribution in [-0.4, -0.2) is 28.5 Å². The second-order valence-corrected chi connectivity index (χ2v) is 10.4.